The van der Waals surface area contributed by atoms with Gasteiger partial charge in [0.1, 0.15) is 0 Å². The lowest BCUT2D eigenvalue weighted by molar-refractivity contribution is 0.754. The molecule has 2 aliphatic rings. The largest absolute Gasteiger partial charge is 0.310 e. The second-order valence-corrected chi connectivity index (χ2v) is 20.6. The molecule has 1 aromatic heterocycles. The SMILES string of the molecule is c1ccc(-c2ccc(N(c3ccc4c(c3)C3(c5ccccc5-c5ccccc53)c3ccc5ccccc5c3N4c3ccccc3)c3ccc4sc5c(N(c6ccccc6)c6ccccc6)cccc5c4c3)cc2)cc1. The quantitative estimate of drug-likeness (QED) is 0.150. The Balaban J connectivity index is 0.989. The van der Waals surface area contributed by atoms with Gasteiger partial charge in [-0.2, -0.15) is 0 Å². The molecule has 0 radical (unpaired) electrons. The maximum atomic E-state index is 2.53. The Morgan fingerprint density at radius 1 is 0.333 bits per heavy atom. The number of nitrogens with zero attached hydrogens (tertiary/aromatic N) is 3. The molecule has 0 N–H and O–H groups in total. The Bertz CT molecular complexity index is 4220. The molecule has 13 aromatic rings. The zero-order chi connectivity index (χ0) is 49.5. The zero-order valence-electron chi connectivity index (χ0n) is 40.9. The average molecular weight is 974 g/mol. The van der Waals surface area contributed by atoms with Crippen LogP contribution in [0.1, 0.15) is 22.3 Å². The van der Waals surface area contributed by atoms with Gasteiger partial charge < -0.3 is 14.7 Å². The van der Waals surface area contributed by atoms with Crippen LogP contribution in [-0.4, -0.2) is 0 Å². The predicted octanol–water partition coefficient (Wildman–Crippen LogP) is 20.0. The number of benzene rings is 12. The highest BCUT2D eigenvalue weighted by Crippen LogP contribution is 2.65. The molecule has 352 valence electrons. The van der Waals surface area contributed by atoms with Crippen LogP contribution in [0.4, 0.5) is 51.2 Å². The lowest BCUT2D eigenvalue weighted by Crippen LogP contribution is -2.36. The lowest BCUT2D eigenvalue weighted by Gasteiger charge is -2.46. The fourth-order valence-electron chi connectivity index (χ4n) is 12.4. The molecule has 4 heteroatoms. The molecule has 0 saturated heterocycles. The van der Waals surface area contributed by atoms with Crippen molar-refractivity contribution in [3.05, 3.63) is 307 Å². The molecular weight excluding hydrogens is 927 g/mol. The highest BCUT2D eigenvalue weighted by atomic mass is 32.1. The van der Waals surface area contributed by atoms with Gasteiger partial charge in [-0.05, 0) is 141 Å². The first kappa shape index (κ1) is 43.1. The van der Waals surface area contributed by atoms with Crippen LogP contribution in [0.5, 0.6) is 0 Å². The Morgan fingerprint density at radius 3 is 1.59 bits per heavy atom. The van der Waals surface area contributed by atoms with E-state index >= 15 is 0 Å². The molecule has 0 saturated carbocycles. The van der Waals surface area contributed by atoms with Gasteiger partial charge in [-0.1, -0.05) is 194 Å². The maximum absolute atomic E-state index is 2.53. The molecule has 12 aromatic carbocycles. The van der Waals surface area contributed by atoms with Crippen molar-refractivity contribution in [1.29, 1.82) is 0 Å². The summed E-state index contributed by atoms with van der Waals surface area (Å²) in [4.78, 5) is 7.40. The van der Waals surface area contributed by atoms with Gasteiger partial charge in [0.25, 0.3) is 0 Å². The molecule has 1 aliphatic heterocycles. The van der Waals surface area contributed by atoms with Crippen molar-refractivity contribution in [2.45, 2.75) is 5.41 Å². The molecule has 3 nitrogen and oxygen atoms in total. The average Bonchev–Trinajstić information content (AvgIpc) is 4.22. The first-order valence-electron chi connectivity index (χ1n) is 25.7. The standard InChI is InChI=1S/C71H47N3S/c1-5-20-48(21-6-1)49-36-39-54(40-37-49)72(55-42-45-68-61(46-55)60-32-19-35-67(70(60)75-68)73(51-23-7-2-8-24-51)52-25-9-3-10-26-52)56-41-44-66-65(47-56)71(62-33-17-15-30-58(62)59-31-16-18-34-63(59)71)64-43-38-50-22-13-14-29-57(50)69(64)74(66)53-27-11-4-12-28-53/h1-47H. The predicted molar refractivity (Wildman–Crippen MR) is 317 cm³/mol. The van der Waals surface area contributed by atoms with Crippen LogP contribution >= 0.6 is 11.3 Å². The number of anilines is 9. The van der Waals surface area contributed by atoms with E-state index in [0.29, 0.717) is 0 Å². The minimum atomic E-state index is -0.640. The molecule has 1 spiro atoms. The topological polar surface area (TPSA) is 9.72 Å². The third-order valence-electron chi connectivity index (χ3n) is 15.6. The number of rotatable bonds is 8. The lowest BCUT2D eigenvalue weighted by atomic mass is 9.64. The summed E-state index contributed by atoms with van der Waals surface area (Å²) in [6.07, 6.45) is 0. The van der Waals surface area contributed by atoms with E-state index in [1.165, 1.54) is 81.1 Å². The number of thiophene rings is 1. The molecule has 0 bridgehead atoms. The van der Waals surface area contributed by atoms with Crippen molar-refractivity contribution in [2.75, 3.05) is 14.7 Å². The third-order valence-corrected chi connectivity index (χ3v) is 16.8. The van der Waals surface area contributed by atoms with Gasteiger partial charge in [-0.25, -0.2) is 0 Å². The van der Waals surface area contributed by atoms with Gasteiger partial charge in [0.15, 0.2) is 0 Å². The summed E-state index contributed by atoms with van der Waals surface area (Å²) < 4.78 is 2.49. The molecule has 0 amide bonds. The molecule has 0 fully saturated rings. The number of hydrogen-bond acceptors (Lipinski definition) is 4. The van der Waals surface area contributed by atoms with E-state index in [0.717, 1.165) is 45.5 Å². The van der Waals surface area contributed by atoms with E-state index in [4.69, 9.17) is 0 Å². The van der Waals surface area contributed by atoms with Gasteiger partial charge in [-0.15, -0.1) is 11.3 Å². The van der Waals surface area contributed by atoms with Crippen molar-refractivity contribution in [3.63, 3.8) is 0 Å². The summed E-state index contributed by atoms with van der Waals surface area (Å²) in [6.45, 7) is 0. The van der Waals surface area contributed by atoms with E-state index in [1.54, 1.807) is 0 Å². The molecule has 2 heterocycles. The van der Waals surface area contributed by atoms with Gasteiger partial charge >= 0.3 is 0 Å². The fourth-order valence-corrected chi connectivity index (χ4v) is 13.6. The fraction of sp³-hybridized carbons (Fsp3) is 0.0141. The highest BCUT2D eigenvalue weighted by Gasteiger charge is 2.52. The Hall–Kier alpha value is -9.48. The van der Waals surface area contributed by atoms with E-state index in [9.17, 15) is 0 Å². The second-order valence-electron chi connectivity index (χ2n) is 19.6. The van der Waals surface area contributed by atoms with Crippen LogP contribution in [0.2, 0.25) is 0 Å². The third kappa shape index (κ3) is 6.67. The minimum absolute atomic E-state index is 0.640. The van der Waals surface area contributed by atoms with Crippen LogP contribution in [0.15, 0.2) is 285 Å². The molecular formula is C71H47N3S. The molecule has 15 rings (SSSR count). The van der Waals surface area contributed by atoms with Crippen molar-refractivity contribution < 1.29 is 0 Å². The number of hydrogen-bond donors (Lipinski definition) is 0. The summed E-state index contributed by atoms with van der Waals surface area (Å²) in [5, 5.41) is 4.90. The Labute approximate surface area is 440 Å². The number of fused-ring (bicyclic) bond motifs is 14. The van der Waals surface area contributed by atoms with E-state index in [-0.39, 0.29) is 0 Å². The van der Waals surface area contributed by atoms with E-state index in [2.05, 4.69) is 300 Å². The highest BCUT2D eigenvalue weighted by molar-refractivity contribution is 7.26. The number of para-hydroxylation sites is 3. The van der Waals surface area contributed by atoms with Gasteiger partial charge in [0.05, 0.1) is 27.2 Å². The molecule has 0 atom stereocenters. The van der Waals surface area contributed by atoms with Gasteiger partial charge in [0, 0.05) is 55.0 Å². The minimum Gasteiger partial charge on any atom is -0.310 e. The normalized spacial score (nSPS) is 12.9. The van der Waals surface area contributed by atoms with Crippen molar-refractivity contribution >= 4 is 93.5 Å². The monoisotopic (exact) mass is 973 g/mol. The Kier molecular flexibility index (Phi) is 9.97. The summed E-state index contributed by atoms with van der Waals surface area (Å²) in [5.41, 5.74) is 19.6. The van der Waals surface area contributed by atoms with Crippen molar-refractivity contribution in [3.8, 4) is 22.3 Å². The Morgan fingerprint density at radius 2 is 0.880 bits per heavy atom. The van der Waals surface area contributed by atoms with Crippen LogP contribution < -0.4 is 14.7 Å². The van der Waals surface area contributed by atoms with Gasteiger partial charge in [-0.3, -0.25) is 0 Å². The molecule has 1 aliphatic carbocycles. The summed E-state index contributed by atoms with van der Waals surface area (Å²) in [6, 6.07) is 105. The first-order chi connectivity index (χ1) is 37.2. The molecule has 75 heavy (non-hydrogen) atoms. The summed E-state index contributed by atoms with van der Waals surface area (Å²) >= 11 is 1.86. The van der Waals surface area contributed by atoms with Crippen LogP contribution in [0.25, 0.3) is 53.2 Å². The van der Waals surface area contributed by atoms with E-state index in [1.807, 2.05) is 11.3 Å². The summed E-state index contributed by atoms with van der Waals surface area (Å²) in [7, 11) is 0. The van der Waals surface area contributed by atoms with Crippen molar-refractivity contribution in [2.24, 2.45) is 0 Å². The zero-order valence-corrected chi connectivity index (χ0v) is 41.7. The van der Waals surface area contributed by atoms with Crippen molar-refractivity contribution in [1.82, 2.24) is 0 Å². The second kappa shape index (κ2) is 17.3. The van der Waals surface area contributed by atoms with Crippen LogP contribution in [-0.2, 0) is 5.41 Å². The van der Waals surface area contributed by atoms with Gasteiger partial charge in [0.2, 0.25) is 0 Å². The first-order valence-corrected chi connectivity index (χ1v) is 26.6. The van der Waals surface area contributed by atoms with Crippen LogP contribution in [0, 0.1) is 0 Å². The molecule has 0 unspecified atom stereocenters. The maximum Gasteiger partial charge on any atom is 0.0755 e. The van der Waals surface area contributed by atoms with Crippen LogP contribution in [0.3, 0.4) is 0 Å². The van der Waals surface area contributed by atoms with E-state index < -0.39 is 5.41 Å². The summed E-state index contributed by atoms with van der Waals surface area (Å²) in [5.74, 6) is 0. The smallest absolute Gasteiger partial charge is 0.0755 e.